The highest BCUT2D eigenvalue weighted by atomic mass is 19.1. The standard InChI is InChI=1S/C32H42N2.C13H26.C8H13F.C4H10.C3H8.C2H6/c1-11-13-14-28(12-2)27(10)34-18-17-32(21-34,23(5)6)30-16-15-29(19-25(30)8)24(7)20-31(33)26(9)22(3)4;1-5-7-13(3,4)8-6-12-9-11(2)10-12;1-4-6-7(3)8(9)5-2;1-4(2)3;1-3-2;1-2/h11-16,19-20H,1,5,7,10,17-18,21,33H2,2-4,6,8-9H3;11-12H,5-10H2,1-4H3;4,6H,5H2,1-3H3;4H,1-3H3;3H2,1-2H3;1-2H3/b14-13-,28-12+,31-20+;;6-4-,8-7+;;;. The van der Waals surface area contributed by atoms with Gasteiger partial charge >= 0.3 is 0 Å². The van der Waals surface area contributed by atoms with Gasteiger partial charge in [-0.3, -0.25) is 0 Å². The normalized spacial score (nSPS) is 18.5. The molecule has 1 saturated carbocycles. The number of likely N-dealkylation sites (tertiary alicyclic amines) is 1. The Morgan fingerprint density at radius 1 is 0.954 bits per heavy atom. The second-order valence-electron chi connectivity index (χ2n) is 19.9. The van der Waals surface area contributed by atoms with Crippen molar-refractivity contribution in [3.05, 3.63) is 149 Å². The lowest BCUT2D eigenvalue weighted by Gasteiger charge is -2.35. The van der Waals surface area contributed by atoms with Crippen molar-refractivity contribution in [1.29, 1.82) is 0 Å². The number of hydrogen-bond donors (Lipinski definition) is 1. The molecule has 0 aromatic heterocycles. The lowest BCUT2D eigenvalue weighted by atomic mass is 9.71. The molecule has 1 atom stereocenters. The van der Waals surface area contributed by atoms with E-state index in [0.717, 1.165) is 76.5 Å². The van der Waals surface area contributed by atoms with Gasteiger partial charge in [0.25, 0.3) is 0 Å². The molecule has 2 N–H and O–H groups in total. The molecule has 0 bridgehead atoms. The van der Waals surface area contributed by atoms with E-state index >= 15 is 0 Å². The van der Waals surface area contributed by atoms with Gasteiger partial charge in [0.1, 0.15) is 5.83 Å². The van der Waals surface area contributed by atoms with Crippen LogP contribution in [0.3, 0.4) is 0 Å². The molecule has 1 aromatic rings. The first-order chi connectivity index (χ1) is 30.4. The molecular formula is C62H105FN2. The number of hydrogen-bond acceptors (Lipinski definition) is 2. The first-order valence-electron chi connectivity index (χ1n) is 25.3. The van der Waals surface area contributed by atoms with Gasteiger partial charge in [0.15, 0.2) is 0 Å². The molecule has 1 aliphatic carbocycles. The van der Waals surface area contributed by atoms with Crippen molar-refractivity contribution in [1.82, 2.24) is 4.90 Å². The molecule has 65 heavy (non-hydrogen) atoms. The monoisotopic (exact) mass is 897 g/mol. The summed E-state index contributed by atoms with van der Waals surface area (Å²) in [7, 11) is 0. The molecule has 2 aliphatic rings. The molecule has 1 aliphatic heterocycles. The van der Waals surface area contributed by atoms with Crippen LogP contribution in [0.25, 0.3) is 5.57 Å². The van der Waals surface area contributed by atoms with Crippen LogP contribution in [0.5, 0.6) is 0 Å². The van der Waals surface area contributed by atoms with Crippen LogP contribution in [0.4, 0.5) is 4.39 Å². The average molecular weight is 898 g/mol. The topological polar surface area (TPSA) is 29.3 Å². The van der Waals surface area contributed by atoms with Gasteiger partial charge in [-0.2, -0.15) is 0 Å². The van der Waals surface area contributed by atoms with Crippen LogP contribution in [0.1, 0.15) is 206 Å². The van der Waals surface area contributed by atoms with Crippen molar-refractivity contribution >= 4 is 5.57 Å². The minimum atomic E-state index is -0.110. The summed E-state index contributed by atoms with van der Waals surface area (Å²) in [5.41, 5.74) is 18.5. The first kappa shape index (κ1) is 65.4. The van der Waals surface area contributed by atoms with Gasteiger partial charge in [-0.05, 0) is 169 Å². The van der Waals surface area contributed by atoms with Crippen molar-refractivity contribution in [2.24, 2.45) is 28.9 Å². The summed E-state index contributed by atoms with van der Waals surface area (Å²) >= 11 is 0. The van der Waals surface area contributed by atoms with Crippen LogP contribution in [0.15, 0.2) is 132 Å². The zero-order valence-corrected chi connectivity index (χ0v) is 46.5. The third kappa shape index (κ3) is 25.6. The van der Waals surface area contributed by atoms with Gasteiger partial charge in [0.05, 0.1) is 0 Å². The average Bonchev–Trinajstić information content (AvgIpc) is 3.69. The van der Waals surface area contributed by atoms with Crippen LogP contribution in [0, 0.1) is 30.1 Å². The van der Waals surface area contributed by atoms with E-state index in [4.69, 9.17) is 5.73 Å². The Bertz CT molecular complexity index is 1740. The molecule has 0 amide bonds. The van der Waals surface area contributed by atoms with Gasteiger partial charge in [-0.15, -0.1) is 0 Å². The Labute approximate surface area is 405 Å². The summed E-state index contributed by atoms with van der Waals surface area (Å²) in [5, 5.41) is 0. The lowest BCUT2D eigenvalue weighted by molar-refractivity contribution is 0.166. The molecule has 1 unspecified atom stereocenters. The summed E-state index contributed by atoms with van der Waals surface area (Å²) in [6, 6.07) is 6.65. The molecule has 2 nitrogen and oxygen atoms in total. The van der Waals surface area contributed by atoms with Crippen molar-refractivity contribution in [3.8, 4) is 0 Å². The van der Waals surface area contributed by atoms with E-state index in [2.05, 4.69) is 152 Å². The Balaban J connectivity index is -0.00000100. The zero-order chi connectivity index (χ0) is 51.1. The van der Waals surface area contributed by atoms with Crippen LogP contribution >= 0.6 is 0 Å². The quantitative estimate of drug-likeness (QED) is 0.132. The minimum absolute atomic E-state index is 0.0203. The number of benzene rings is 1. The van der Waals surface area contributed by atoms with E-state index in [-0.39, 0.29) is 11.2 Å². The summed E-state index contributed by atoms with van der Waals surface area (Å²) < 4.78 is 12.5. The van der Waals surface area contributed by atoms with Gasteiger partial charge < -0.3 is 10.6 Å². The molecule has 0 spiro atoms. The second kappa shape index (κ2) is 35.4. The van der Waals surface area contributed by atoms with Crippen LogP contribution < -0.4 is 5.73 Å². The summed E-state index contributed by atoms with van der Waals surface area (Å²) in [6.07, 6.45) is 24.9. The predicted octanol–water partition coefficient (Wildman–Crippen LogP) is 19.9. The Morgan fingerprint density at radius 2 is 1.51 bits per heavy atom. The fourth-order valence-electron chi connectivity index (χ4n) is 7.94. The molecule has 3 rings (SSSR count). The number of allylic oxidation sites excluding steroid dienone is 12. The van der Waals surface area contributed by atoms with Crippen molar-refractivity contribution < 1.29 is 4.39 Å². The molecule has 2 fully saturated rings. The van der Waals surface area contributed by atoms with Crippen LogP contribution in [-0.4, -0.2) is 18.0 Å². The molecule has 1 aromatic carbocycles. The fraction of sp³-hybridized carbons (Fsp3) is 0.581. The number of nitrogens with zero attached hydrogens (tertiary/aromatic N) is 1. The maximum absolute atomic E-state index is 12.5. The lowest BCUT2D eigenvalue weighted by Crippen LogP contribution is -2.32. The summed E-state index contributed by atoms with van der Waals surface area (Å²) in [6.45, 7) is 61.0. The van der Waals surface area contributed by atoms with Crippen LogP contribution in [0.2, 0.25) is 0 Å². The second-order valence-corrected chi connectivity index (χ2v) is 19.9. The maximum Gasteiger partial charge on any atom is 0.103 e. The summed E-state index contributed by atoms with van der Waals surface area (Å²) in [4.78, 5) is 2.38. The molecule has 1 heterocycles. The van der Waals surface area contributed by atoms with E-state index in [9.17, 15) is 4.39 Å². The van der Waals surface area contributed by atoms with E-state index < -0.39 is 0 Å². The number of nitrogens with two attached hydrogens (primary N) is 1. The number of aryl methyl sites for hydroxylation is 1. The smallest absolute Gasteiger partial charge is 0.103 e. The maximum atomic E-state index is 12.5. The minimum Gasteiger partial charge on any atom is -0.398 e. The van der Waals surface area contributed by atoms with Crippen molar-refractivity contribution in [3.63, 3.8) is 0 Å². The third-order valence-corrected chi connectivity index (χ3v) is 11.9. The third-order valence-electron chi connectivity index (χ3n) is 11.9. The highest BCUT2D eigenvalue weighted by molar-refractivity contribution is 5.74. The highest BCUT2D eigenvalue weighted by Crippen LogP contribution is 2.44. The molecule has 370 valence electrons. The Morgan fingerprint density at radius 3 is 1.92 bits per heavy atom. The molecule has 1 saturated heterocycles. The molecular weight excluding hydrogens is 792 g/mol. The van der Waals surface area contributed by atoms with Gasteiger partial charge in [0, 0.05) is 29.9 Å². The zero-order valence-electron chi connectivity index (χ0n) is 46.5. The predicted molar refractivity (Wildman–Crippen MR) is 298 cm³/mol. The van der Waals surface area contributed by atoms with Crippen molar-refractivity contribution in [2.75, 3.05) is 13.1 Å². The van der Waals surface area contributed by atoms with E-state index in [1.54, 1.807) is 19.1 Å². The highest BCUT2D eigenvalue weighted by Gasteiger charge is 2.42. The SMILES string of the molecule is C/C=C\C(C)=C(\F)CC.C=C/C=C\C(=C/C)C(=C)N1CCC(C(=C)C)(c2ccc(C(=C)/C=C(/N)C(C)=C(C)C)cc2C)C1.CC.CC(C)C.CCC.CCCC(C)(C)CCC1CC(C)C1. The Kier molecular flexibility index (Phi) is 35.6. The van der Waals surface area contributed by atoms with Crippen LogP contribution in [-0.2, 0) is 5.41 Å². The number of rotatable bonds is 16. The largest absolute Gasteiger partial charge is 0.398 e. The summed E-state index contributed by atoms with van der Waals surface area (Å²) in [5.74, 6) is 2.92. The Hall–Kier alpha value is -3.85. The van der Waals surface area contributed by atoms with Gasteiger partial charge in [-0.1, -0.05) is 188 Å². The van der Waals surface area contributed by atoms with E-state index in [0.29, 0.717) is 11.8 Å². The molecule has 0 radical (unpaired) electrons. The first-order valence-corrected chi connectivity index (χ1v) is 25.3. The fourth-order valence-corrected chi connectivity index (χ4v) is 7.94. The van der Waals surface area contributed by atoms with E-state index in [1.807, 2.05) is 59.8 Å². The van der Waals surface area contributed by atoms with Gasteiger partial charge in [0.2, 0.25) is 0 Å². The van der Waals surface area contributed by atoms with Crippen molar-refractivity contribution in [2.45, 2.75) is 202 Å². The molecule has 3 heteroatoms. The van der Waals surface area contributed by atoms with E-state index in [1.165, 1.54) is 67.2 Å². The number of halogens is 1. The van der Waals surface area contributed by atoms with Gasteiger partial charge in [-0.25, -0.2) is 4.39 Å².